The highest BCUT2D eigenvalue weighted by Crippen LogP contribution is 2.53. The molecule has 1 unspecified atom stereocenters. The van der Waals surface area contributed by atoms with E-state index in [-0.39, 0.29) is 10.9 Å². The molecule has 0 saturated heterocycles. The van der Waals surface area contributed by atoms with Gasteiger partial charge < -0.3 is 0 Å². The summed E-state index contributed by atoms with van der Waals surface area (Å²) in [7, 11) is -2.86. The van der Waals surface area contributed by atoms with Crippen LogP contribution in [-0.2, 0) is 10.9 Å². The van der Waals surface area contributed by atoms with E-state index in [1.807, 2.05) is 60.7 Å². The minimum atomic E-state index is -2.64. The number of halogens is 1. The van der Waals surface area contributed by atoms with E-state index in [0.29, 0.717) is 4.90 Å². The van der Waals surface area contributed by atoms with Crippen LogP contribution in [0, 0.1) is 11.7 Å². The molecule has 0 spiro atoms. The molecule has 0 fully saturated rings. The van der Waals surface area contributed by atoms with E-state index in [0.717, 1.165) is 4.90 Å². The summed E-state index contributed by atoms with van der Waals surface area (Å²) < 4.78 is 14.4. The molecule has 0 aromatic heterocycles. The van der Waals surface area contributed by atoms with Crippen molar-refractivity contribution in [1.82, 2.24) is 0 Å². The lowest BCUT2D eigenvalue weighted by atomic mass is 10.4. The Kier molecular flexibility index (Phi) is 4.99. The van der Waals surface area contributed by atoms with Crippen LogP contribution in [0.1, 0.15) is 0 Å². The number of hydrogen-bond donors (Lipinski definition) is 0. The molecule has 3 heteroatoms. The van der Waals surface area contributed by atoms with Gasteiger partial charge in [-0.2, -0.15) is 3.89 Å². The molecule has 24 heavy (non-hydrogen) atoms. The van der Waals surface area contributed by atoms with Crippen LogP contribution in [0.25, 0.3) is 0 Å². The Bertz CT molecular complexity index is 795. The summed E-state index contributed by atoms with van der Waals surface area (Å²) in [6.07, 6.45) is 6.83. The minimum absolute atomic E-state index is 0.216. The van der Waals surface area contributed by atoms with E-state index < -0.39 is 10.4 Å². The number of hydrogen-bond acceptors (Lipinski definition) is 0. The van der Waals surface area contributed by atoms with Crippen LogP contribution >= 0.6 is 10.4 Å². The zero-order valence-corrected chi connectivity index (χ0v) is 15.0. The second kappa shape index (κ2) is 7.17. The van der Waals surface area contributed by atoms with Crippen molar-refractivity contribution < 1.29 is 3.89 Å². The van der Waals surface area contributed by atoms with Crippen molar-refractivity contribution in [3.63, 3.8) is 0 Å². The second-order valence-corrected chi connectivity index (χ2v) is 9.71. The monoisotopic (exact) mass is 353 g/mol. The predicted octanol–water partition coefficient (Wildman–Crippen LogP) is 6.05. The summed E-state index contributed by atoms with van der Waals surface area (Å²) in [6.45, 7) is 0. The standard InChI is InChI=1S/C21H18FS2/c1-3-24(2,22)21-16-14-20(15-17-21)23(18-10-6-4-7-11-18)19-12-8-5-9-13-19/h1,4-17H,2H3/q+1. The van der Waals surface area contributed by atoms with E-state index >= 15 is 0 Å². The lowest BCUT2D eigenvalue weighted by Gasteiger charge is -2.18. The van der Waals surface area contributed by atoms with Gasteiger partial charge in [-0.15, -0.1) is 6.42 Å². The Morgan fingerprint density at radius 2 is 1.17 bits per heavy atom. The molecular weight excluding hydrogens is 335 g/mol. The molecule has 3 aromatic rings. The van der Waals surface area contributed by atoms with Gasteiger partial charge in [-0.25, -0.2) is 0 Å². The summed E-state index contributed by atoms with van der Waals surface area (Å²) in [5, 5.41) is 2.29. The van der Waals surface area contributed by atoms with Gasteiger partial charge in [0.15, 0.2) is 14.7 Å². The third-order valence-corrected chi connectivity index (χ3v) is 7.51. The van der Waals surface area contributed by atoms with E-state index in [1.54, 1.807) is 0 Å². The Labute approximate surface area is 147 Å². The molecule has 0 heterocycles. The molecular formula is C21H18FS2+. The largest absolute Gasteiger partial charge is 0.172 e. The molecule has 3 rings (SSSR count). The van der Waals surface area contributed by atoms with Gasteiger partial charge in [0.2, 0.25) is 0 Å². The van der Waals surface area contributed by atoms with Crippen molar-refractivity contribution in [1.29, 1.82) is 0 Å². The molecule has 120 valence electrons. The van der Waals surface area contributed by atoms with Gasteiger partial charge in [-0.1, -0.05) is 36.4 Å². The molecule has 3 aromatic carbocycles. The third-order valence-electron chi connectivity index (χ3n) is 3.68. The van der Waals surface area contributed by atoms with Gasteiger partial charge in [-0.05, 0) is 64.2 Å². The molecule has 0 radical (unpaired) electrons. The molecule has 0 nitrogen and oxygen atoms in total. The summed E-state index contributed by atoms with van der Waals surface area (Å²) >= 11 is 0. The number of benzene rings is 3. The van der Waals surface area contributed by atoms with Gasteiger partial charge in [-0.3, -0.25) is 0 Å². The third kappa shape index (κ3) is 3.51. The van der Waals surface area contributed by atoms with Crippen LogP contribution in [-0.4, -0.2) is 6.26 Å². The van der Waals surface area contributed by atoms with Crippen molar-refractivity contribution in [3.8, 4) is 11.7 Å². The molecule has 0 aliphatic carbocycles. The summed E-state index contributed by atoms with van der Waals surface area (Å²) in [5.74, 6) is 0. The van der Waals surface area contributed by atoms with E-state index in [2.05, 4.69) is 29.5 Å². The highest BCUT2D eigenvalue weighted by Gasteiger charge is 2.28. The van der Waals surface area contributed by atoms with Gasteiger partial charge in [0.1, 0.15) is 0 Å². The first-order valence-electron chi connectivity index (χ1n) is 7.51. The maximum atomic E-state index is 14.4. The lowest BCUT2D eigenvalue weighted by Crippen LogP contribution is -2.04. The molecule has 0 amide bonds. The van der Waals surface area contributed by atoms with Crippen molar-refractivity contribution in [3.05, 3.63) is 84.9 Å². The quantitative estimate of drug-likeness (QED) is 0.395. The zero-order valence-electron chi connectivity index (χ0n) is 13.4. The van der Waals surface area contributed by atoms with Crippen molar-refractivity contribution in [2.45, 2.75) is 19.6 Å². The molecule has 0 saturated carbocycles. The average molecular weight is 354 g/mol. The summed E-state index contributed by atoms with van der Waals surface area (Å²) in [5.41, 5.74) is 0. The highest BCUT2D eigenvalue weighted by atomic mass is 32.3. The number of rotatable bonds is 4. The molecule has 1 atom stereocenters. The minimum Gasteiger partial charge on any atom is -0.172 e. The Balaban J connectivity index is 2.06. The fourth-order valence-corrected chi connectivity index (χ4v) is 5.29. The van der Waals surface area contributed by atoms with Crippen LogP contribution in [0.5, 0.6) is 0 Å². The van der Waals surface area contributed by atoms with Crippen molar-refractivity contribution in [2.75, 3.05) is 6.26 Å². The van der Waals surface area contributed by atoms with Gasteiger partial charge in [0.25, 0.3) is 0 Å². The van der Waals surface area contributed by atoms with Gasteiger partial charge >= 0.3 is 0 Å². The first-order chi connectivity index (χ1) is 11.6. The smallest absolute Gasteiger partial charge is 0.166 e. The Morgan fingerprint density at radius 3 is 1.58 bits per heavy atom. The fraction of sp³-hybridized carbons (Fsp3) is 0.0476. The zero-order chi connectivity index (χ0) is 17.0. The highest BCUT2D eigenvalue weighted by molar-refractivity contribution is 8.33. The first-order valence-corrected chi connectivity index (χ1v) is 10.7. The maximum absolute atomic E-state index is 14.4. The first kappa shape index (κ1) is 16.7. The van der Waals surface area contributed by atoms with E-state index in [9.17, 15) is 3.89 Å². The van der Waals surface area contributed by atoms with Gasteiger partial charge in [0.05, 0.1) is 10.9 Å². The summed E-state index contributed by atoms with van der Waals surface area (Å²) in [6, 6.07) is 28.4. The average Bonchev–Trinajstić information content (AvgIpc) is 2.64. The molecule has 0 aliphatic heterocycles. The molecule has 0 bridgehead atoms. The lowest BCUT2D eigenvalue weighted by molar-refractivity contribution is 0.904. The molecule has 0 aliphatic rings. The normalized spacial score (nSPS) is 14.6. The van der Waals surface area contributed by atoms with E-state index in [4.69, 9.17) is 6.42 Å². The maximum Gasteiger partial charge on any atom is 0.166 e. The van der Waals surface area contributed by atoms with Gasteiger partial charge in [0, 0.05) is 11.2 Å². The van der Waals surface area contributed by atoms with Crippen LogP contribution in [0.3, 0.4) is 0 Å². The Morgan fingerprint density at radius 1 is 0.750 bits per heavy atom. The van der Waals surface area contributed by atoms with E-state index in [1.165, 1.54) is 16.0 Å². The van der Waals surface area contributed by atoms with Crippen LogP contribution in [0.4, 0.5) is 3.89 Å². The fourth-order valence-electron chi connectivity index (χ4n) is 2.42. The number of terminal acetylenes is 1. The van der Waals surface area contributed by atoms with Crippen LogP contribution in [0.2, 0.25) is 0 Å². The summed E-state index contributed by atoms with van der Waals surface area (Å²) in [4.78, 5) is 4.23. The van der Waals surface area contributed by atoms with Crippen LogP contribution < -0.4 is 0 Å². The van der Waals surface area contributed by atoms with Crippen molar-refractivity contribution in [2.24, 2.45) is 0 Å². The Hall–Kier alpha value is -2.15. The van der Waals surface area contributed by atoms with Crippen molar-refractivity contribution >= 4 is 21.3 Å². The van der Waals surface area contributed by atoms with Crippen LogP contribution in [0.15, 0.2) is 105 Å². The topological polar surface area (TPSA) is 0 Å². The predicted molar refractivity (Wildman–Crippen MR) is 103 cm³/mol. The SMILES string of the molecule is C#CS(C)(F)c1ccc([S+](c2ccccc2)c2ccccc2)cc1. The molecule has 0 N–H and O–H groups in total. The second-order valence-electron chi connectivity index (χ2n) is 5.34.